The Balaban J connectivity index is 1.92. The van der Waals surface area contributed by atoms with Crippen LogP contribution in [0.15, 0.2) is 35.8 Å². The molecule has 104 valence electrons. The molecule has 1 aromatic carbocycles. The zero-order chi connectivity index (χ0) is 13.9. The van der Waals surface area contributed by atoms with Gasteiger partial charge in [-0.15, -0.1) is 11.3 Å². The number of hydrogen-bond acceptors (Lipinski definition) is 3. The maximum Gasteiger partial charge on any atom is 0.113 e. The van der Waals surface area contributed by atoms with E-state index in [0.29, 0.717) is 0 Å². The van der Waals surface area contributed by atoms with E-state index in [1.54, 1.807) is 11.3 Å². The van der Waals surface area contributed by atoms with E-state index in [4.69, 9.17) is 0 Å². The lowest BCUT2D eigenvalue weighted by atomic mass is 10.1. The van der Waals surface area contributed by atoms with Crippen LogP contribution in [-0.2, 0) is 13.1 Å². The Kier molecular flexibility index (Phi) is 3.85. The second kappa shape index (κ2) is 5.77. The summed E-state index contributed by atoms with van der Waals surface area (Å²) in [6.45, 7) is 6.95. The van der Waals surface area contributed by atoms with E-state index in [1.807, 2.05) is 6.92 Å². The first kappa shape index (κ1) is 13.3. The molecule has 2 heterocycles. The first-order valence-electron chi connectivity index (χ1n) is 6.96. The van der Waals surface area contributed by atoms with Crippen molar-refractivity contribution in [2.75, 3.05) is 6.54 Å². The van der Waals surface area contributed by atoms with Crippen LogP contribution in [0.3, 0.4) is 0 Å². The molecule has 0 amide bonds. The molecule has 0 aliphatic carbocycles. The van der Waals surface area contributed by atoms with E-state index in [1.165, 1.54) is 16.5 Å². The van der Waals surface area contributed by atoms with Gasteiger partial charge >= 0.3 is 0 Å². The van der Waals surface area contributed by atoms with Crippen molar-refractivity contribution in [2.45, 2.75) is 26.9 Å². The van der Waals surface area contributed by atoms with E-state index in [-0.39, 0.29) is 0 Å². The quantitative estimate of drug-likeness (QED) is 0.776. The highest BCUT2D eigenvalue weighted by molar-refractivity contribution is 7.09. The van der Waals surface area contributed by atoms with Crippen molar-refractivity contribution in [2.24, 2.45) is 0 Å². The van der Waals surface area contributed by atoms with Gasteiger partial charge in [0.25, 0.3) is 0 Å². The van der Waals surface area contributed by atoms with Crippen LogP contribution in [-0.4, -0.2) is 16.1 Å². The highest BCUT2D eigenvalue weighted by Gasteiger charge is 2.07. The lowest BCUT2D eigenvalue weighted by Gasteiger charge is -2.06. The second-order valence-corrected chi connectivity index (χ2v) is 5.90. The zero-order valence-electron chi connectivity index (χ0n) is 11.9. The fraction of sp³-hybridized carbons (Fsp3) is 0.312. The number of nitrogens with one attached hydrogen (secondary N) is 1. The van der Waals surface area contributed by atoms with Gasteiger partial charge < -0.3 is 9.88 Å². The summed E-state index contributed by atoms with van der Waals surface area (Å²) in [5.74, 6) is 0. The summed E-state index contributed by atoms with van der Waals surface area (Å²) in [6.07, 6.45) is 2.16. The number of thiazole rings is 1. The first-order chi connectivity index (χ1) is 9.78. The van der Waals surface area contributed by atoms with Gasteiger partial charge in [-0.25, -0.2) is 4.98 Å². The molecular formula is C16H19N3S. The third kappa shape index (κ3) is 2.62. The van der Waals surface area contributed by atoms with Crippen molar-refractivity contribution in [3.8, 4) is 0 Å². The van der Waals surface area contributed by atoms with Crippen LogP contribution in [0.4, 0.5) is 0 Å². The van der Waals surface area contributed by atoms with Gasteiger partial charge in [0.05, 0.1) is 6.54 Å². The van der Waals surface area contributed by atoms with Crippen LogP contribution in [0.2, 0.25) is 0 Å². The van der Waals surface area contributed by atoms with Gasteiger partial charge in [0.15, 0.2) is 0 Å². The standard InChI is InChI=1S/C16H19N3S/c1-3-17-9-13-5-4-6-15-14(13)7-8-19(15)10-16-18-12(2)11-20-16/h4-8,11,17H,3,9-10H2,1-2H3. The predicted octanol–water partition coefficient (Wildman–Crippen LogP) is 3.56. The number of hydrogen-bond donors (Lipinski definition) is 1. The van der Waals surface area contributed by atoms with Gasteiger partial charge in [-0.1, -0.05) is 19.1 Å². The summed E-state index contributed by atoms with van der Waals surface area (Å²) >= 11 is 1.73. The third-order valence-electron chi connectivity index (χ3n) is 3.44. The van der Waals surface area contributed by atoms with Gasteiger partial charge in [-0.3, -0.25) is 0 Å². The molecule has 0 spiro atoms. The largest absolute Gasteiger partial charge is 0.341 e. The smallest absolute Gasteiger partial charge is 0.113 e. The summed E-state index contributed by atoms with van der Waals surface area (Å²) in [7, 11) is 0. The van der Waals surface area contributed by atoms with Crippen molar-refractivity contribution in [1.82, 2.24) is 14.9 Å². The Morgan fingerprint density at radius 1 is 1.30 bits per heavy atom. The minimum atomic E-state index is 0.854. The summed E-state index contributed by atoms with van der Waals surface area (Å²) in [5.41, 5.74) is 3.75. The third-order valence-corrected chi connectivity index (χ3v) is 4.39. The zero-order valence-corrected chi connectivity index (χ0v) is 12.7. The van der Waals surface area contributed by atoms with E-state index < -0.39 is 0 Å². The molecule has 1 N–H and O–H groups in total. The number of fused-ring (bicyclic) bond motifs is 1. The number of aromatic nitrogens is 2. The minimum Gasteiger partial charge on any atom is -0.341 e. The molecule has 0 bridgehead atoms. The molecule has 2 aromatic heterocycles. The van der Waals surface area contributed by atoms with E-state index >= 15 is 0 Å². The number of aryl methyl sites for hydroxylation is 1. The fourth-order valence-electron chi connectivity index (χ4n) is 2.46. The van der Waals surface area contributed by atoms with Crippen molar-refractivity contribution >= 4 is 22.2 Å². The van der Waals surface area contributed by atoms with Crippen LogP contribution >= 0.6 is 11.3 Å². The topological polar surface area (TPSA) is 29.9 Å². The Morgan fingerprint density at radius 3 is 2.95 bits per heavy atom. The number of rotatable bonds is 5. The summed E-state index contributed by atoms with van der Waals surface area (Å²) in [6, 6.07) is 8.73. The van der Waals surface area contributed by atoms with Crippen molar-refractivity contribution < 1.29 is 0 Å². The summed E-state index contributed by atoms with van der Waals surface area (Å²) < 4.78 is 2.28. The van der Waals surface area contributed by atoms with E-state index in [0.717, 1.165) is 30.3 Å². The average Bonchev–Trinajstić information content (AvgIpc) is 3.04. The molecule has 0 fully saturated rings. The minimum absolute atomic E-state index is 0.854. The Morgan fingerprint density at radius 2 is 2.20 bits per heavy atom. The Labute approximate surface area is 123 Å². The lowest BCUT2D eigenvalue weighted by molar-refractivity contribution is 0.730. The monoisotopic (exact) mass is 285 g/mol. The second-order valence-electron chi connectivity index (χ2n) is 4.96. The molecule has 0 unspecified atom stereocenters. The van der Waals surface area contributed by atoms with Crippen LogP contribution < -0.4 is 5.32 Å². The van der Waals surface area contributed by atoms with Gasteiger partial charge in [0.2, 0.25) is 0 Å². The maximum atomic E-state index is 4.55. The molecule has 0 aliphatic rings. The summed E-state index contributed by atoms with van der Waals surface area (Å²) in [4.78, 5) is 4.55. The van der Waals surface area contributed by atoms with Crippen LogP contribution in [0.5, 0.6) is 0 Å². The Hall–Kier alpha value is -1.65. The van der Waals surface area contributed by atoms with Crippen molar-refractivity contribution in [3.63, 3.8) is 0 Å². The van der Waals surface area contributed by atoms with Gasteiger partial charge in [0, 0.05) is 34.7 Å². The fourth-order valence-corrected chi connectivity index (χ4v) is 3.23. The molecule has 0 atom stereocenters. The van der Waals surface area contributed by atoms with E-state index in [9.17, 15) is 0 Å². The van der Waals surface area contributed by atoms with Crippen molar-refractivity contribution in [3.05, 3.63) is 52.1 Å². The number of nitrogens with zero attached hydrogens (tertiary/aromatic N) is 2. The molecule has 0 saturated heterocycles. The highest BCUT2D eigenvalue weighted by Crippen LogP contribution is 2.22. The molecule has 20 heavy (non-hydrogen) atoms. The molecule has 3 rings (SSSR count). The van der Waals surface area contributed by atoms with Gasteiger partial charge in [0.1, 0.15) is 5.01 Å². The normalized spacial score (nSPS) is 11.3. The molecular weight excluding hydrogens is 266 g/mol. The number of benzene rings is 1. The molecule has 3 aromatic rings. The van der Waals surface area contributed by atoms with Crippen LogP contribution in [0, 0.1) is 6.92 Å². The van der Waals surface area contributed by atoms with E-state index in [2.05, 4.69) is 57.6 Å². The van der Waals surface area contributed by atoms with Gasteiger partial charge in [-0.05, 0) is 31.2 Å². The van der Waals surface area contributed by atoms with Gasteiger partial charge in [-0.2, -0.15) is 0 Å². The highest BCUT2D eigenvalue weighted by atomic mass is 32.1. The van der Waals surface area contributed by atoms with Crippen LogP contribution in [0.25, 0.3) is 10.9 Å². The van der Waals surface area contributed by atoms with Crippen LogP contribution in [0.1, 0.15) is 23.2 Å². The molecule has 0 radical (unpaired) electrons. The lowest BCUT2D eigenvalue weighted by Crippen LogP contribution is -2.11. The molecule has 0 aliphatic heterocycles. The molecule has 0 saturated carbocycles. The first-order valence-corrected chi connectivity index (χ1v) is 7.84. The predicted molar refractivity (Wildman–Crippen MR) is 85.3 cm³/mol. The molecule has 3 nitrogen and oxygen atoms in total. The SMILES string of the molecule is CCNCc1cccc2c1ccn2Cc1nc(C)cs1. The van der Waals surface area contributed by atoms with Crippen molar-refractivity contribution in [1.29, 1.82) is 0 Å². The molecule has 4 heteroatoms. The Bertz CT molecular complexity index is 711. The summed E-state index contributed by atoms with van der Waals surface area (Å²) in [5, 5.41) is 8.01. The average molecular weight is 285 g/mol. The maximum absolute atomic E-state index is 4.55.